The Morgan fingerprint density at radius 3 is 2.60 bits per heavy atom. The quantitative estimate of drug-likeness (QED) is 0.693. The zero-order valence-electron chi connectivity index (χ0n) is 14.0. The number of rotatable bonds is 2. The fourth-order valence-corrected chi connectivity index (χ4v) is 7.19. The van der Waals surface area contributed by atoms with Crippen molar-refractivity contribution in [1.82, 2.24) is 4.67 Å². The van der Waals surface area contributed by atoms with Crippen LogP contribution in [0.15, 0.2) is 66.7 Å². The first kappa shape index (κ1) is 15.2. The summed E-state index contributed by atoms with van der Waals surface area (Å²) >= 11 is 0. The minimum atomic E-state index is -0.724. The van der Waals surface area contributed by atoms with E-state index < -0.39 is 8.22 Å². The number of nitrogens with zero attached hydrogens (tertiary/aromatic N) is 2. The Morgan fingerprint density at radius 2 is 1.72 bits per heavy atom. The fraction of sp³-hybridized carbons (Fsp3) is 0.238. The van der Waals surface area contributed by atoms with Gasteiger partial charge in [0, 0.05) is 24.8 Å². The molecule has 0 bridgehead atoms. The number of benzene rings is 3. The lowest BCUT2D eigenvalue weighted by Gasteiger charge is -2.32. The van der Waals surface area contributed by atoms with Crippen LogP contribution in [-0.4, -0.2) is 28.9 Å². The maximum atomic E-state index is 10.8. The van der Waals surface area contributed by atoms with Gasteiger partial charge in [-0.1, -0.05) is 48.5 Å². The van der Waals surface area contributed by atoms with Crippen molar-refractivity contribution in [3.05, 3.63) is 66.7 Å². The molecule has 2 atom stereocenters. The zero-order valence-corrected chi connectivity index (χ0v) is 14.9. The van der Waals surface area contributed by atoms with Gasteiger partial charge in [-0.15, -0.1) is 0 Å². The van der Waals surface area contributed by atoms with Crippen LogP contribution in [0, 0.1) is 0 Å². The van der Waals surface area contributed by atoms with Crippen molar-refractivity contribution < 1.29 is 5.11 Å². The van der Waals surface area contributed by atoms with Crippen LogP contribution in [0.3, 0.4) is 0 Å². The highest BCUT2D eigenvalue weighted by Crippen LogP contribution is 2.57. The molecule has 0 aliphatic carbocycles. The number of phenolic OH excluding ortho intramolecular Hbond substituents is 1. The summed E-state index contributed by atoms with van der Waals surface area (Å²) in [6.07, 6.45) is 2.52. The zero-order chi connectivity index (χ0) is 16.8. The summed E-state index contributed by atoms with van der Waals surface area (Å²) in [6.45, 7) is 2.18. The highest BCUT2D eigenvalue weighted by Gasteiger charge is 2.44. The second-order valence-electron chi connectivity index (χ2n) is 6.82. The minimum Gasteiger partial charge on any atom is -0.507 e. The van der Waals surface area contributed by atoms with Crippen LogP contribution in [0.4, 0.5) is 5.69 Å². The van der Waals surface area contributed by atoms with Crippen molar-refractivity contribution in [3.63, 3.8) is 0 Å². The van der Waals surface area contributed by atoms with E-state index in [4.69, 9.17) is 0 Å². The number of hydrogen-bond acceptors (Lipinski definition) is 3. The van der Waals surface area contributed by atoms with Gasteiger partial charge in [0.15, 0.2) is 0 Å². The lowest BCUT2D eigenvalue weighted by molar-refractivity contribution is 0.464. The number of fused-ring (bicyclic) bond motifs is 2. The molecule has 126 valence electrons. The Balaban J connectivity index is 1.71. The van der Waals surface area contributed by atoms with E-state index in [0.29, 0.717) is 11.8 Å². The SMILES string of the molecule is Oc1ccc2ccccc2c1[P@@]1N(c2ccccc2)C[C@@H]2CCCN21. The topological polar surface area (TPSA) is 26.7 Å². The summed E-state index contributed by atoms with van der Waals surface area (Å²) in [5.41, 5.74) is 1.26. The summed E-state index contributed by atoms with van der Waals surface area (Å²) in [4.78, 5) is 0. The van der Waals surface area contributed by atoms with Gasteiger partial charge in [0.05, 0.1) is 5.30 Å². The third kappa shape index (κ3) is 2.42. The second kappa shape index (κ2) is 6.01. The molecule has 1 N–H and O–H groups in total. The number of aromatic hydroxyl groups is 1. The number of hydrogen-bond donors (Lipinski definition) is 1. The van der Waals surface area contributed by atoms with E-state index in [1.54, 1.807) is 0 Å². The largest absolute Gasteiger partial charge is 0.507 e. The molecule has 2 saturated heterocycles. The van der Waals surface area contributed by atoms with E-state index in [9.17, 15) is 5.11 Å². The van der Waals surface area contributed by atoms with Gasteiger partial charge < -0.3 is 9.78 Å². The molecule has 0 spiro atoms. The Bertz CT molecular complexity index is 914. The first-order valence-corrected chi connectivity index (χ1v) is 10.2. The summed E-state index contributed by atoms with van der Waals surface area (Å²) in [5, 5.41) is 14.3. The highest BCUT2D eigenvalue weighted by atomic mass is 31.1. The van der Waals surface area contributed by atoms with Gasteiger partial charge in [0.25, 0.3) is 0 Å². The van der Waals surface area contributed by atoms with Gasteiger partial charge >= 0.3 is 0 Å². The molecule has 0 unspecified atom stereocenters. The molecule has 2 heterocycles. The van der Waals surface area contributed by atoms with Gasteiger partial charge in [-0.25, -0.2) is 0 Å². The molecular formula is C21H21N2OP. The molecule has 0 amide bonds. The molecule has 5 rings (SSSR count). The molecule has 0 aromatic heterocycles. The second-order valence-corrected chi connectivity index (χ2v) is 8.84. The molecule has 2 aliphatic heterocycles. The van der Waals surface area contributed by atoms with Crippen molar-refractivity contribution in [3.8, 4) is 5.75 Å². The molecule has 3 nitrogen and oxygen atoms in total. The summed E-state index contributed by atoms with van der Waals surface area (Å²) in [6, 6.07) is 23.6. The van der Waals surface area contributed by atoms with E-state index in [1.165, 1.54) is 29.3 Å². The van der Waals surface area contributed by atoms with Crippen LogP contribution in [0.25, 0.3) is 10.8 Å². The van der Waals surface area contributed by atoms with Gasteiger partial charge in [0.2, 0.25) is 0 Å². The predicted molar refractivity (Wildman–Crippen MR) is 106 cm³/mol. The van der Waals surface area contributed by atoms with Crippen LogP contribution >= 0.6 is 8.22 Å². The van der Waals surface area contributed by atoms with E-state index in [0.717, 1.165) is 18.4 Å². The lowest BCUT2D eigenvalue weighted by Crippen LogP contribution is -2.24. The first-order valence-electron chi connectivity index (χ1n) is 8.93. The van der Waals surface area contributed by atoms with E-state index in [2.05, 4.69) is 63.9 Å². The van der Waals surface area contributed by atoms with Crippen LogP contribution in [0.2, 0.25) is 0 Å². The predicted octanol–water partition coefficient (Wildman–Crippen LogP) is 4.47. The monoisotopic (exact) mass is 348 g/mol. The van der Waals surface area contributed by atoms with Gasteiger partial charge in [0.1, 0.15) is 14.0 Å². The fourth-order valence-electron chi connectivity index (χ4n) is 4.19. The number of para-hydroxylation sites is 1. The molecule has 0 saturated carbocycles. The molecule has 25 heavy (non-hydrogen) atoms. The van der Waals surface area contributed by atoms with E-state index in [1.807, 2.05) is 12.1 Å². The van der Waals surface area contributed by atoms with Crippen LogP contribution in [-0.2, 0) is 0 Å². The average molecular weight is 348 g/mol. The Kier molecular flexibility index (Phi) is 3.65. The maximum absolute atomic E-state index is 10.8. The summed E-state index contributed by atoms with van der Waals surface area (Å²) in [7, 11) is -0.724. The molecule has 0 radical (unpaired) electrons. The smallest absolute Gasteiger partial charge is 0.126 e. The summed E-state index contributed by atoms with van der Waals surface area (Å²) < 4.78 is 5.17. The molecule has 2 fully saturated rings. The Labute approximate surface area is 149 Å². The standard InChI is InChI=1S/C21H21N2OP/c24-20-13-12-16-7-4-5-11-19(16)21(20)25-22-14-6-10-18(22)15-23(25)17-8-2-1-3-9-17/h1-5,7-9,11-13,18,24H,6,10,14-15H2/t18-,25+/m0/s1. The molecule has 3 aromatic rings. The average Bonchev–Trinajstić information content (AvgIpc) is 3.24. The van der Waals surface area contributed by atoms with E-state index >= 15 is 0 Å². The van der Waals surface area contributed by atoms with Gasteiger partial charge in [-0.2, -0.15) is 0 Å². The van der Waals surface area contributed by atoms with Crippen molar-refractivity contribution >= 4 is 30.0 Å². The number of anilines is 1. The van der Waals surface area contributed by atoms with Crippen LogP contribution < -0.4 is 9.97 Å². The number of phenols is 1. The highest BCUT2D eigenvalue weighted by molar-refractivity contribution is 7.66. The van der Waals surface area contributed by atoms with E-state index in [-0.39, 0.29) is 0 Å². The molecule has 3 aromatic carbocycles. The third-order valence-electron chi connectivity index (χ3n) is 5.34. The Hall–Kier alpha value is -2.09. The maximum Gasteiger partial charge on any atom is 0.126 e. The van der Waals surface area contributed by atoms with Crippen molar-refractivity contribution in [1.29, 1.82) is 0 Å². The molecule has 4 heteroatoms. The van der Waals surface area contributed by atoms with Crippen molar-refractivity contribution in [2.45, 2.75) is 18.9 Å². The minimum absolute atomic E-state index is 0.429. The third-order valence-corrected chi connectivity index (χ3v) is 8.07. The van der Waals surface area contributed by atoms with Crippen molar-refractivity contribution in [2.75, 3.05) is 17.8 Å². The first-order chi connectivity index (χ1) is 12.3. The Morgan fingerprint density at radius 1 is 0.920 bits per heavy atom. The summed E-state index contributed by atoms with van der Waals surface area (Å²) in [5.74, 6) is 0.429. The van der Waals surface area contributed by atoms with Crippen LogP contribution in [0.1, 0.15) is 12.8 Å². The lowest BCUT2D eigenvalue weighted by atomic mass is 10.1. The van der Waals surface area contributed by atoms with Crippen LogP contribution in [0.5, 0.6) is 5.75 Å². The molecule has 2 aliphatic rings. The van der Waals surface area contributed by atoms with Gasteiger partial charge in [-0.3, -0.25) is 4.67 Å². The van der Waals surface area contributed by atoms with Crippen molar-refractivity contribution in [2.24, 2.45) is 0 Å². The van der Waals surface area contributed by atoms with Gasteiger partial charge in [-0.05, 0) is 41.8 Å². The molecular weight excluding hydrogens is 327 g/mol. The normalized spacial score (nSPS) is 23.3.